The summed E-state index contributed by atoms with van der Waals surface area (Å²) in [5, 5.41) is 3.06. The molecule has 1 fully saturated rings. The molecule has 3 rings (SSSR count). The fourth-order valence-electron chi connectivity index (χ4n) is 3.92. The van der Waals surface area contributed by atoms with Gasteiger partial charge < -0.3 is 5.32 Å². The minimum absolute atomic E-state index is 0.173. The Bertz CT molecular complexity index is 943. The standard InChI is InChI=1S/C22H28N2O3S/c1-16-12-17(2)14-18(13-16)15-24(28(3,26)27)21-11-7-6-10-20(21)22(25)23-19-8-4-5-9-19/h6-7,10-14,19H,4-5,8-9,15H2,1-3H3,(H,23,25). The number of nitrogens with one attached hydrogen (secondary N) is 1. The van der Waals surface area contributed by atoms with Gasteiger partial charge in [-0.2, -0.15) is 0 Å². The zero-order valence-corrected chi connectivity index (χ0v) is 17.6. The molecule has 2 aromatic rings. The van der Waals surface area contributed by atoms with E-state index in [4.69, 9.17) is 0 Å². The lowest BCUT2D eigenvalue weighted by Gasteiger charge is -2.25. The van der Waals surface area contributed by atoms with E-state index in [9.17, 15) is 13.2 Å². The van der Waals surface area contributed by atoms with E-state index in [0.717, 1.165) is 42.4 Å². The summed E-state index contributed by atoms with van der Waals surface area (Å²) in [6.07, 6.45) is 5.38. The van der Waals surface area contributed by atoms with Crippen LogP contribution >= 0.6 is 0 Å². The van der Waals surface area contributed by atoms with Crippen molar-refractivity contribution >= 4 is 21.6 Å². The first-order valence-corrected chi connectivity index (χ1v) is 11.5. The van der Waals surface area contributed by atoms with Gasteiger partial charge in [0.05, 0.1) is 24.1 Å². The predicted molar refractivity (Wildman–Crippen MR) is 113 cm³/mol. The molecule has 0 aliphatic heterocycles. The number of aryl methyl sites for hydroxylation is 2. The summed E-state index contributed by atoms with van der Waals surface area (Å²) in [5.41, 5.74) is 3.87. The van der Waals surface area contributed by atoms with Crippen molar-refractivity contribution in [2.45, 2.75) is 52.1 Å². The van der Waals surface area contributed by atoms with Gasteiger partial charge in [-0.1, -0.05) is 54.3 Å². The van der Waals surface area contributed by atoms with Crippen LogP contribution in [-0.4, -0.2) is 26.6 Å². The maximum atomic E-state index is 12.9. The highest BCUT2D eigenvalue weighted by atomic mass is 32.2. The van der Waals surface area contributed by atoms with Crippen molar-refractivity contribution in [3.63, 3.8) is 0 Å². The van der Waals surface area contributed by atoms with E-state index in [1.54, 1.807) is 24.3 Å². The summed E-state index contributed by atoms with van der Waals surface area (Å²) < 4.78 is 26.6. The van der Waals surface area contributed by atoms with Crippen LogP contribution in [0.3, 0.4) is 0 Å². The monoisotopic (exact) mass is 400 g/mol. The Hall–Kier alpha value is -2.34. The Kier molecular flexibility index (Phi) is 6.08. The van der Waals surface area contributed by atoms with E-state index < -0.39 is 10.0 Å². The second-order valence-corrected chi connectivity index (χ2v) is 9.64. The molecule has 1 N–H and O–H groups in total. The van der Waals surface area contributed by atoms with Crippen molar-refractivity contribution in [3.05, 3.63) is 64.7 Å². The Labute approximate surface area is 167 Å². The van der Waals surface area contributed by atoms with E-state index in [-0.39, 0.29) is 18.5 Å². The molecule has 0 radical (unpaired) electrons. The van der Waals surface area contributed by atoms with E-state index in [1.807, 2.05) is 26.0 Å². The molecular weight excluding hydrogens is 372 g/mol. The fraction of sp³-hybridized carbons (Fsp3) is 0.409. The number of para-hydroxylation sites is 1. The molecule has 0 aromatic heterocycles. The van der Waals surface area contributed by atoms with Gasteiger partial charge in [-0.15, -0.1) is 0 Å². The van der Waals surface area contributed by atoms with Gasteiger partial charge >= 0.3 is 0 Å². The minimum atomic E-state index is -3.57. The Balaban J connectivity index is 1.95. The van der Waals surface area contributed by atoms with Gasteiger partial charge in [-0.25, -0.2) is 8.42 Å². The van der Waals surface area contributed by atoms with Gasteiger partial charge in [0.25, 0.3) is 5.91 Å². The Morgan fingerprint density at radius 1 is 1.07 bits per heavy atom. The third-order valence-electron chi connectivity index (χ3n) is 5.12. The number of nitrogens with zero attached hydrogens (tertiary/aromatic N) is 1. The average Bonchev–Trinajstić information content (AvgIpc) is 3.11. The van der Waals surface area contributed by atoms with Crippen molar-refractivity contribution < 1.29 is 13.2 Å². The van der Waals surface area contributed by atoms with Crippen LogP contribution < -0.4 is 9.62 Å². The van der Waals surface area contributed by atoms with Crippen molar-refractivity contribution in [2.75, 3.05) is 10.6 Å². The zero-order chi connectivity index (χ0) is 20.3. The summed E-state index contributed by atoms with van der Waals surface area (Å²) in [6, 6.07) is 13.1. The number of rotatable bonds is 6. The molecule has 28 heavy (non-hydrogen) atoms. The number of sulfonamides is 1. The van der Waals surface area contributed by atoms with Crippen molar-refractivity contribution in [1.82, 2.24) is 5.32 Å². The second-order valence-electron chi connectivity index (χ2n) is 7.74. The summed E-state index contributed by atoms with van der Waals surface area (Å²) >= 11 is 0. The first-order valence-electron chi connectivity index (χ1n) is 9.69. The number of carbonyl (C=O) groups excluding carboxylic acids is 1. The van der Waals surface area contributed by atoms with Gasteiger partial charge in [0.1, 0.15) is 0 Å². The summed E-state index contributed by atoms with van der Waals surface area (Å²) in [4.78, 5) is 12.9. The first kappa shape index (κ1) is 20.4. The number of carbonyl (C=O) groups is 1. The molecule has 5 nitrogen and oxygen atoms in total. The molecule has 0 saturated heterocycles. The van der Waals surface area contributed by atoms with E-state index in [2.05, 4.69) is 11.4 Å². The molecule has 0 unspecified atom stereocenters. The molecule has 0 heterocycles. The van der Waals surface area contributed by atoms with Crippen molar-refractivity contribution in [1.29, 1.82) is 0 Å². The minimum Gasteiger partial charge on any atom is -0.349 e. The van der Waals surface area contributed by atoms with Gasteiger partial charge in [0.15, 0.2) is 0 Å². The van der Waals surface area contributed by atoms with Crippen LogP contribution in [0.15, 0.2) is 42.5 Å². The normalized spacial score (nSPS) is 14.8. The molecule has 6 heteroatoms. The van der Waals surface area contributed by atoms with Crippen LogP contribution in [0.1, 0.15) is 52.7 Å². The van der Waals surface area contributed by atoms with Crippen molar-refractivity contribution in [3.8, 4) is 0 Å². The highest BCUT2D eigenvalue weighted by Gasteiger charge is 2.25. The maximum absolute atomic E-state index is 12.9. The summed E-state index contributed by atoms with van der Waals surface area (Å²) in [7, 11) is -3.57. The summed E-state index contributed by atoms with van der Waals surface area (Å²) in [5.74, 6) is -0.212. The predicted octanol–water partition coefficient (Wildman–Crippen LogP) is 3.94. The molecule has 0 bridgehead atoms. The van der Waals surface area contributed by atoms with Gasteiger partial charge in [0, 0.05) is 6.04 Å². The third kappa shape index (κ3) is 4.93. The molecule has 150 valence electrons. The van der Waals surface area contributed by atoms with Gasteiger partial charge in [-0.3, -0.25) is 9.10 Å². The van der Waals surface area contributed by atoms with E-state index >= 15 is 0 Å². The molecular formula is C22H28N2O3S. The lowest BCUT2D eigenvalue weighted by Crippen LogP contribution is -2.35. The average molecular weight is 401 g/mol. The first-order chi connectivity index (χ1) is 13.2. The van der Waals surface area contributed by atoms with Gasteiger partial charge in [0.2, 0.25) is 10.0 Å². The van der Waals surface area contributed by atoms with Crippen LogP contribution in [0.4, 0.5) is 5.69 Å². The molecule has 1 aliphatic rings. The largest absolute Gasteiger partial charge is 0.349 e. The SMILES string of the molecule is Cc1cc(C)cc(CN(c2ccccc2C(=O)NC2CCCC2)S(C)(=O)=O)c1. The molecule has 1 amide bonds. The smallest absolute Gasteiger partial charge is 0.253 e. The van der Waals surface area contributed by atoms with Crippen LogP contribution in [0.2, 0.25) is 0 Å². The molecule has 1 saturated carbocycles. The highest BCUT2D eigenvalue weighted by Crippen LogP contribution is 2.27. The lowest BCUT2D eigenvalue weighted by atomic mass is 10.1. The third-order valence-corrected chi connectivity index (χ3v) is 6.24. The lowest BCUT2D eigenvalue weighted by molar-refractivity contribution is 0.0938. The van der Waals surface area contributed by atoms with E-state index in [0.29, 0.717) is 11.3 Å². The van der Waals surface area contributed by atoms with Crippen LogP contribution in [-0.2, 0) is 16.6 Å². The Morgan fingerprint density at radius 3 is 2.29 bits per heavy atom. The molecule has 2 aromatic carbocycles. The van der Waals surface area contributed by atoms with Gasteiger partial charge in [-0.05, 0) is 44.4 Å². The highest BCUT2D eigenvalue weighted by molar-refractivity contribution is 7.92. The quantitative estimate of drug-likeness (QED) is 0.799. The summed E-state index contributed by atoms with van der Waals surface area (Å²) in [6.45, 7) is 4.17. The van der Waals surface area contributed by atoms with Crippen LogP contribution in [0.5, 0.6) is 0 Å². The second kappa shape index (κ2) is 8.35. The number of anilines is 1. The van der Waals surface area contributed by atoms with E-state index in [1.165, 1.54) is 10.6 Å². The van der Waals surface area contributed by atoms with Crippen LogP contribution in [0.25, 0.3) is 0 Å². The molecule has 1 aliphatic carbocycles. The zero-order valence-electron chi connectivity index (χ0n) is 16.7. The topological polar surface area (TPSA) is 66.5 Å². The molecule has 0 atom stereocenters. The fourth-order valence-corrected chi connectivity index (χ4v) is 4.82. The number of hydrogen-bond acceptors (Lipinski definition) is 3. The maximum Gasteiger partial charge on any atom is 0.253 e. The number of amides is 1. The number of benzene rings is 2. The van der Waals surface area contributed by atoms with Crippen LogP contribution in [0, 0.1) is 13.8 Å². The van der Waals surface area contributed by atoms with Crippen molar-refractivity contribution in [2.24, 2.45) is 0 Å². The Morgan fingerprint density at radius 2 is 1.68 bits per heavy atom. The number of hydrogen-bond donors (Lipinski definition) is 1. The molecule has 0 spiro atoms.